The first-order valence-electron chi connectivity index (χ1n) is 8.14. The third-order valence-electron chi connectivity index (χ3n) is 3.27. The van der Waals surface area contributed by atoms with E-state index in [0.29, 0.717) is 5.75 Å². The highest BCUT2D eigenvalue weighted by atomic mass is 32.2. The van der Waals surface area contributed by atoms with Crippen molar-refractivity contribution in [3.05, 3.63) is 23.8 Å². The predicted octanol–water partition coefficient (Wildman–Crippen LogP) is 2.32. The molecule has 0 fully saturated rings. The standard InChI is InChI=1S/C17H28N2O4S/c1-7-19(11-17(20)18-12(2)3)24(21,22)15-8-9-16(14(6)10-15)23-13(4)5/h8-10,12-13H,7,11H2,1-6H3,(H,18,20). The van der Waals surface area contributed by atoms with Gasteiger partial charge < -0.3 is 10.1 Å². The number of amides is 1. The summed E-state index contributed by atoms with van der Waals surface area (Å²) in [5, 5.41) is 2.71. The second kappa shape index (κ2) is 8.48. The van der Waals surface area contributed by atoms with Crippen LogP contribution in [0.1, 0.15) is 40.2 Å². The Morgan fingerprint density at radius 3 is 2.33 bits per heavy atom. The van der Waals surface area contributed by atoms with Crippen LogP contribution in [0.2, 0.25) is 0 Å². The Balaban J connectivity index is 3.04. The van der Waals surface area contributed by atoms with E-state index in [4.69, 9.17) is 4.74 Å². The van der Waals surface area contributed by atoms with Crippen LogP contribution in [0, 0.1) is 6.92 Å². The maximum atomic E-state index is 12.8. The van der Waals surface area contributed by atoms with Crippen molar-refractivity contribution in [3.63, 3.8) is 0 Å². The van der Waals surface area contributed by atoms with Gasteiger partial charge in [-0.15, -0.1) is 0 Å². The van der Waals surface area contributed by atoms with Crippen molar-refractivity contribution in [2.45, 2.75) is 58.6 Å². The average molecular weight is 356 g/mol. The minimum Gasteiger partial charge on any atom is -0.491 e. The lowest BCUT2D eigenvalue weighted by atomic mass is 10.2. The van der Waals surface area contributed by atoms with Crippen molar-refractivity contribution in [1.29, 1.82) is 0 Å². The van der Waals surface area contributed by atoms with Crippen molar-refractivity contribution in [2.75, 3.05) is 13.1 Å². The summed E-state index contributed by atoms with van der Waals surface area (Å²) in [4.78, 5) is 12.1. The van der Waals surface area contributed by atoms with Crippen molar-refractivity contribution in [2.24, 2.45) is 0 Å². The molecule has 0 heterocycles. The van der Waals surface area contributed by atoms with Crippen LogP contribution in [0.15, 0.2) is 23.1 Å². The molecule has 1 aromatic carbocycles. The highest BCUT2D eigenvalue weighted by Gasteiger charge is 2.26. The second-order valence-electron chi connectivity index (χ2n) is 6.25. The lowest BCUT2D eigenvalue weighted by molar-refractivity contribution is -0.121. The van der Waals surface area contributed by atoms with Crippen molar-refractivity contribution in [3.8, 4) is 5.75 Å². The molecule has 0 saturated carbocycles. The quantitative estimate of drug-likeness (QED) is 0.775. The Morgan fingerprint density at radius 1 is 1.25 bits per heavy atom. The highest BCUT2D eigenvalue weighted by molar-refractivity contribution is 7.89. The van der Waals surface area contributed by atoms with E-state index in [9.17, 15) is 13.2 Å². The largest absolute Gasteiger partial charge is 0.491 e. The van der Waals surface area contributed by atoms with E-state index in [1.165, 1.54) is 10.4 Å². The molecule has 0 saturated heterocycles. The fourth-order valence-corrected chi connectivity index (χ4v) is 3.70. The van der Waals surface area contributed by atoms with E-state index in [1.807, 2.05) is 27.7 Å². The number of likely N-dealkylation sites (N-methyl/N-ethyl adjacent to an activating group) is 1. The Morgan fingerprint density at radius 2 is 1.88 bits per heavy atom. The lowest BCUT2D eigenvalue weighted by Gasteiger charge is -2.21. The van der Waals surface area contributed by atoms with Crippen molar-refractivity contribution < 1.29 is 17.9 Å². The molecule has 7 heteroatoms. The van der Waals surface area contributed by atoms with Gasteiger partial charge in [-0.2, -0.15) is 4.31 Å². The van der Waals surface area contributed by atoms with Crippen LogP contribution < -0.4 is 10.1 Å². The number of benzene rings is 1. The maximum Gasteiger partial charge on any atom is 0.243 e. The first-order chi connectivity index (χ1) is 11.1. The summed E-state index contributed by atoms with van der Waals surface area (Å²) in [6, 6.07) is 4.72. The van der Waals surface area contributed by atoms with E-state index in [0.717, 1.165) is 5.56 Å². The van der Waals surface area contributed by atoms with E-state index in [1.54, 1.807) is 26.0 Å². The molecule has 6 nitrogen and oxygen atoms in total. The van der Waals surface area contributed by atoms with Crippen LogP contribution in [0.25, 0.3) is 0 Å². The summed E-state index contributed by atoms with van der Waals surface area (Å²) >= 11 is 0. The van der Waals surface area contributed by atoms with Gasteiger partial charge >= 0.3 is 0 Å². The van der Waals surface area contributed by atoms with E-state index in [-0.39, 0.29) is 36.0 Å². The number of nitrogens with zero attached hydrogens (tertiary/aromatic N) is 1. The molecule has 0 radical (unpaired) electrons. The molecule has 0 spiro atoms. The normalized spacial score (nSPS) is 12.0. The molecule has 1 amide bonds. The molecule has 0 aromatic heterocycles. The number of sulfonamides is 1. The van der Waals surface area contributed by atoms with Gasteiger partial charge in [-0.25, -0.2) is 8.42 Å². The molecule has 0 aliphatic carbocycles. The van der Waals surface area contributed by atoms with Gasteiger partial charge in [-0.3, -0.25) is 4.79 Å². The zero-order valence-electron chi connectivity index (χ0n) is 15.3. The minimum atomic E-state index is -3.73. The fraction of sp³-hybridized carbons (Fsp3) is 0.588. The molecular weight excluding hydrogens is 328 g/mol. The number of nitrogens with one attached hydrogen (secondary N) is 1. The molecule has 0 unspecified atom stereocenters. The summed E-state index contributed by atoms with van der Waals surface area (Å²) in [6.07, 6.45) is 0.0121. The maximum absolute atomic E-state index is 12.8. The third-order valence-corrected chi connectivity index (χ3v) is 5.19. The van der Waals surface area contributed by atoms with Crippen LogP contribution in [0.4, 0.5) is 0 Å². The number of carbonyl (C=O) groups excluding carboxylic acids is 1. The second-order valence-corrected chi connectivity index (χ2v) is 8.19. The van der Waals surface area contributed by atoms with E-state index < -0.39 is 10.0 Å². The zero-order chi connectivity index (χ0) is 18.5. The van der Waals surface area contributed by atoms with Gasteiger partial charge in [0.2, 0.25) is 15.9 Å². The van der Waals surface area contributed by atoms with Gasteiger partial charge in [0, 0.05) is 12.6 Å². The fourth-order valence-electron chi connectivity index (χ4n) is 2.21. The van der Waals surface area contributed by atoms with Crippen molar-refractivity contribution >= 4 is 15.9 Å². The number of carbonyl (C=O) groups is 1. The first-order valence-corrected chi connectivity index (χ1v) is 9.58. The first kappa shape index (κ1) is 20.4. The highest BCUT2D eigenvalue weighted by Crippen LogP contribution is 2.24. The molecule has 1 N–H and O–H groups in total. The van der Waals surface area contributed by atoms with Crippen LogP contribution in [0.3, 0.4) is 0 Å². The molecule has 1 aromatic rings. The van der Waals surface area contributed by atoms with Crippen LogP contribution >= 0.6 is 0 Å². The van der Waals surface area contributed by atoms with Gasteiger partial charge in [0.25, 0.3) is 0 Å². The van der Waals surface area contributed by atoms with Crippen LogP contribution in [-0.2, 0) is 14.8 Å². The van der Waals surface area contributed by atoms with Gasteiger partial charge in [0.15, 0.2) is 0 Å². The SMILES string of the molecule is CCN(CC(=O)NC(C)C)S(=O)(=O)c1ccc(OC(C)C)c(C)c1. The molecule has 0 atom stereocenters. The number of hydrogen-bond donors (Lipinski definition) is 1. The number of hydrogen-bond acceptors (Lipinski definition) is 4. The summed E-state index contributed by atoms with van der Waals surface area (Å²) in [6.45, 7) is 11.0. The number of aryl methyl sites for hydroxylation is 1. The van der Waals surface area contributed by atoms with Gasteiger partial charge in [0.1, 0.15) is 5.75 Å². The molecule has 0 bridgehead atoms. The Hall–Kier alpha value is -1.60. The smallest absolute Gasteiger partial charge is 0.243 e. The lowest BCUT2D eigenvalue weighted by Crippen LogP contribution is -2.42. The summed E-state index contributed by atoms with van der Waals surface area (Å²) < 4.78 is 32.4. The van der Waals surface area contributed by atoms with E-state index in [2.05, 4.69) is 5.32 Å². The topological polar surface area (TPSA) is 75.7 Å². The molecule has 1 rings (SSSR count). The summed E-state index contributed by atoms with van der Waals surface area (Å²) in [5.74, 6) is 0.344. The van der Waals surface area contributed by atoms with Gasteiger partial charge in [-0.1, -0.05) is 6.92 Å². The zero-order valence-corrected chi connectivity index (χ0v) is 16.1. The predicted molar refractivity (Wildman–Crippen MR) is 94.7 cm³/mol. The summed E-state index contributed by atoms with van der Waals surface area (Å²) in [5.41, 5.74) is 0.743. The Kier molecular flexibility index (Phi) is 7.23. The van der Waals surface area contributed by atoms with Crippen LogP contribution in [-0.4, -0.2) is 43.9 Å². The number of rotatable bonds is 8. The molecule has 0 aliphatic rings. The summed E-state index contributed by atoms with van der Waals surface area (Å²) in [7, 11) is -3.73. The van der Waals surface area contributed by atoms with Crippen LogP contribution in [0.5, 0.6) is 5.75 Å². The molecule has 24 heavy (non-hydrogen) atoms. The number of ether oxygens (including phenoxy) is 1. The third kappa shape index (κ3) is 5.49. The van der Waals surface area contributed by atoms with Gasteiger partial charge in [-0.05, 0) is 58.4 Å². The Labute approximate surface area is 145 Å². The minimum absolute atomic E-state index is 0.0121. The molecule has 0 aliphatic heterocycles. The van der Waals surface area contributed by atoms with E-state index >= 15 is 0 Å². The molecular formula is C17H28N2O4S. The molecule has 136 valence electrons. The Bertz CT molecular complexity index is 669. The van der Waals surface area contributed by atoms with Crippen molar-refractivity contribution in [1.82, 2.24) is 9.62 Å². The monoisotopic (exact) mass is 356 g/mol. The van der Waals surface area contributed by atoms with Gasteiger partial charge in [0.05, 0.1) is 17.5 Å². The average Bonchev–Trinajstić information content (AvgIpc) is 2.45.